The van der Waals surface area contributed by atoms with E-state index in [0.717, 1.165) is 36.9 Å². The molecule has 166 valence electrons. The summed E-state index contributed by atoms with van der Waals surface area (Å²) in [5, 5.41) is 3.57. The molecule has 1 aliphatic rings. The van der Waals surface area contributed by atoms with E-state index >= 15 is 0 Å². The first kappa shape index (κ1) is 24.2. The van der Waals surface area contributed by atoms with Crippen molar-refractivity contribution < 1.29 is 13.0 Å². The van der Waals surface area contributed by atoms with Crippen LogP contribution in [0.3, 0.4) is 0 Å². The molecule has 0 bridgehead atoms. The van der Waals surface area contributed by atoms with Crippen molar-refractivity contribution in [2.75, 3.05) is 5.32 Å². The Balaban J connectivity index is 1.85. The van der Waals surface area contributed by atoms with Gasteiger partial charge < -0.3 is 5.32 Å². The van der Waals surface area contributed by atoms with Crippen molar-refractivity contribution in [3.05, 3.63) is 23.8 Å². The minimum atomic E-state index is -4.20. The van der Waals surface area contributed by atoms with Crippen LogP contribution in [0.4, 0.5) is 5.69 Å². The molecule has 5 heteroatoms. The third-order valence-corrected chi connectivity index (χ3v) is 7.09. The molecule has 1 fully saturated rings. The predicted molar refractivity (Wildman–Crippen MR) is 122 cm³/mol. The van der Waals surface area contributed by atoms with E-state index in [0.29, 0.717) is 12.5 Å². The summed E-state index contributed by atoms with van der Waals surface area (Å²) < 4.78 is 33.5. The summed E-state index contributed by atoms with van der Waals surface area (Å²) >= 11 is 0. The Morgan fingerprint density at radius 3 is 2.07 bits per heavy atom. The van der Waals surface area contributed by atoms with Gasteiger partial charge in [0.05, 0.1) is 4.90 Å². The zero-order valence-electron chi connectivity index (χ0n) is 18.3. The van der Waals surface area contributed by atoms with Crippen molar-refractivity contribution in [2.24, 2.45) is 0 Å². The minimum absolute atomic E-state index is 0.0780. The van der Waals surface area contributed by atoms with Gasteiger partial charge in [-0.3, -0.25) is 4.55 Å². The summed E-state index contributed by atoms with van der Waals surface area (Å²) in [6.07, 6.45) is 19.2. The molecule has 0 unspecified atom stereocenters. The highest BCUT2D eigenvalue weighted by Crippen LogP contribution is 2.29. The van der Waals surface area contributed by atoms with E-state index in [1.807, 2.05) is 6.07 Å². The zero-order valence-corrected chi connectivity index (χ0v) is 19.1. The molecule has 2 N–H and O–H groups in total. The number of unbranched alkanes of at least 4 members (excludes halogenated alkanes) is 9. The van der Waals surface area contributed by atoms with Crippen LogP contribution in [0.2, 0.25) is 0 Å². The third kappa shape index (κ3) is 9.08. The number of anilines is 1. The Morgan fingerprint density at radius 2 is 1.48 bits per heavy atom. The van der Waals surface area contributed by atoms with Gasteiger partial charge in [0, 0.05) is 11.7 Å². The average Bonchev–Trinajstić information content (AvgIpc) is 2.70. The van der Waals surface area contributed by atoms with Gasteiger partial charge in [-0.15, -0.1) is 0 Å². The van der Waals surface area contributed by atoms with Crippen molar-refractivity contribution in [2.45, 2.75) is 121 Å². The third-order valence-electron chi connectivity index (χ3n) is 6.16. The van der Waals surface area contributed by atoms with Crippen LogP contribution in [0.15, 0.2) is 23.1 Å². The van der Waals surface area contributed by atoms with Crippen LogP contribution in [-0.4, -0.2) is 19.0 Å². The molecule has 0 amide bonds. The average molecular weight is 424 g/mol. The second-order valence-corrected chi connectivity index (χ2v) is 10.1. The maximum atomic E-state index is 11.9. The second-order valence-electron chi connectivity index (χ2n) is 8.67. The second kappa shape index (κ2) is 13.3. The Bertz CT molecular complexity index is 681. The largest absolute Gasteiger partial charge is 0.382 e. The molecule has 0 spiro atoms. The van der Waals surface area contributed by atoms with Gasteiger partial charge >= 0.3 is 0 Å². The highest BCUT2D eigenvalue weighted by atomic mass is 32.2. The van der Waals surface area contributed by atoms with E-state index in [2.05, 4.69) is 12.2 Å². The number of nitrogens with one attached hydrogen (secondary N) is 1. The van der Waals surface area contributed by atoms with Gasteiger partial charge in [0.1, 0.15) is 0 Å². The lowest BCUT2D eigenvalue weighted by Gasteiger charge is -2.26. The molecule has 0 saturated heterocycles. The molecule has 1 aromatic carbocycles. The zero-order chi connectivity index (χ0) is 21.0. The van der Waals surface area contributed by atoms with Gasteiger partial charge in [-0.1, -0.05) is 90.0 Å². The maximum Gasteiger partial charge on any atom is 0.294 e. The molecule has 2 rings (SSSR count). The topological polar surface area (TPSA) is 66.4 Å². The summed E-state index contributed by atoms with van der Waals surface area (Å²) in [5.41, 5.74) is 1.66. The van der Waals surface area contributed by atoms with Crippen LogP contribution in [0, 0.1) is 0 Å². The van der Waals surface area contributed by atoms with E-state index in [1.165, 1.54) is 76.7 Å². The normalized spacial score (nSPS) is 15.5. The summed E-state index contributed by atoms with van der Waals surface area (Å²) in [4.78, 5) is 0.0780. The highest BCUT2D eigenvalue weighted by Gasteiger charge is 2.20. The minimum Gasteiger partial charge on any atom is -0.382 e. The molecule has 1 aliphatic carbocycles. The lowest BCUT2D eigenvalue weighted by Crippen LogP contribution is -2.23. The summed E-state index contributed by atoms with van der Waals surface area (Å²) in [6, 6.07) is 5.64. The van der Waals surface area contributed by atoms with Crippen LogP contribution in [0.25, 0.3) is 0 Å². The van der Waals surface area contributed by atoms with E-state index in [-0.39, 0.29) is 4.90 Å². The van der Waals surface area contributed by atoms with Gasteiger partial charge in [0.25, 0.3) is 10.1 Å². The summed E-state index contributed by atoms with van der Waals surface area (Å²) in [7, 11) is -4.20. The molecule has 0 atom stereocenters. The van der Waals surface area contributed by atoms with Crippen molar-refractivity contribution >= 4 is 15.8 Å². The number of benzene rings is 1. The van der Waals surface area contributed by atoms with Gasteiger partial charge in [0.15, 0.2) is 0 Å². The fourth-order valence-electron chi connectivity index (χ4n) is 4.46. The lowest BCUT2D eigenvalue weighted by atomic mass is 9.94. The van der Waals surface area contributed by atoms with Gasteiger partial charge in [-0.05, 0) is 43.4 Å². The fourth-order valence-corrected chi connectivity index (χ4v) is 5.23. The van der Waals surface area contributed by atoms with Crippen LogP contribution in [-0.2, 0) is 16.5 Å². The van der Waals surface area contributed by atoms with Crippen LogP contribution >= 0.6 is 0 Å². The first-order valence-electron chi connectivity index (χ1n) is 11.9. The Labute approximate surface area is 178 Å². The number of rotatable bonds is 14. The molecule has 0 radical (unpaired) electrons. The standard InChI is InChI=1S/C24H41NO3S/c1-2-3-4-5-6-7-8-9-10-14-18-22-23(25-21-16-12-11-13-17-21)19-15-20-24(22)29(26,27)28/h15,19-21,25H,2-14,16-18H2,1H3,(H,26,27,28). The molecular weight excluding hydrogens is 382 g/mol. The molecule has 0 aromatic heterocycles. The van der Waals surface area contributed by atoms with Gasteiger partial charge in [-0.2, -0.15) is 8.42 Å². The first-order chi connectivity index (χ1) is 14.0. The Hall–Kier alpha value is -1.07. The van der Waals surface area contributed by atoms with E-state index in [9.17, 15) is 13.0 Å². The van der Waals surface area contributed by atoms with Crippen molar-refractivity contribution in [3.8, 4) is 0 Å². The van der Waals surface area contributed by atoms with Gasteiger partial charge in [0.2, 0.25) is 0 Å². The summed E-state index contributed by atoms with van der Waals surface area (Å²) in [5.74, 6) is 0. The van der Waals surface area contributed by atoms with Crippen molar-refractivity contribution in [1.82, 2.24) is 0 Å². The van der Waals surface area contributed by atoms with Crippen molar-refractivity contribution in [3.63, 3.8) is 0 Å². The smallest absolute Gasteiger partial charge is 0.294 e. The SMILES string of the molecule is CCCCCCCCCCCCc1c(NC2CCCCC2)cccc1S(=O)(=O)O. The van der Waals surface area contributed by atoms with Gasteiger partial charge in [-0.25, -0.2) is 0 Å². The number of hydrogen-bond acceptors (Lipinski definition) is 3. The quantitative estimate of drug-likeness (QED) is 0.246. The maximum absolute atomic E-state index is 11.9. The molecular formula is C24H41NO3S. The summed E-state index contributed by atoms with van der Waals surface area (Å²) in [6.45, 7) is 2.25. The lowest BCUT2D eigenvalue weighted by molar-refractivity contribution is 0.462. The molecule has 0 heterocycles. The molecule has 1 aromatic rings. The van der Waals surface area contributed by atoms with E-state index < -0.39 is 10.1 Å². The van der Waals surface area contributed by atoms with Crippen LogP contribution in [0.1, 0.15) is 109 Å². The van der Waals surface area contributed by atoms with E-state index in [4.69, 9.17) is 0 Å². The van der Waals surface area contributed by atoms with Crippen molar-refractivity contribution in [1.29, 1.82) is 0 Å². The number of hydrogen-bond donors (Lipinski definition) is 2. The highest BCUT2D eigenvalue weighted by molar-refractivity contribution is 7.85. The monoisotopic (exact) mass is 423 g/mol. The van der Waals surface area contributed by atoms with Crippen LogP contribution in [0.5, 0.6) is 0 Å². The molecule has 29 heavy (non-hydrogen) atoms. The Morgan fingerprint density at radius 1 is 0.897 bits per heavy atom. The predicted octanol–water partition coefficient (Wildman–Crippen LogP) is 7.14. The fraction of sp³-hybridized carbons (Fsp3) is 0.750. The molecule has 1 saturated carbocycles. The van der Waals surface area contributed by atoms with Crippen LogP contribution < -0.4 is 5.32 Å². The van der Waals surface area contributed by atoms with E-state index in [1.54, 1.807) is 6.07 Å². The molecule has 0 aliphatic heterocycles. The Kier molecular flexibility index (Phi) is 11.1. The molecule has 4 nitrogen and oxygen atoms in total. The first-order valence-corrected chi connectivity index (χ1v) is 13.3.